The Bertz CT molecular complexity index is 730. The van der Waals surface area contributed by atoms with E-state index >= 15 is 0 Å². The number of ether oxygens (including phenoxy) is 1. The Hall–Kier alpha value is -1.73. The lowest BCUT2D eigenvalue weighted by molar-refractivity contribution is -0.136. The number of aliphatic imine (C=N–C) groups is 1. The van der Waals surface area contributed by atoms with Crippen LogP contribution in [-0.4, -0.2) is 67.6 Å². The van der Waals surface area contributed by atoms with Crippen LogP contribution in [0.3, 0.4) is 0 Å². The standard InChI is InChI=1S/C24H36N4O2S/c1-25-24(26-17-20-11-14-30-22(20)18-5-3-2-4-6-18)27-21-9-7-19(8-10-21)23(29)28-12-15-31-16-13-28/h2-6,19-22H,7-17H2,1H3,(H2,25,26,27). The fraction of sp³-hybridized carbons (Fsp3) is 0.667. The molecule has 2 atom stereocenters. The molecule has 2 heterocycles. The van der Waals surface area contributed by atoms with E-state index in [2.05, 4.69) is 44.8 Å². The monoisotopic (exact) mass is 444 g/mol. The zero-order chi connectivity index (χ0) is 21.5. The van der Waals surface area contributed by atoms with Crippen molar-refractivity contribution < 1.29 is 9.53 Å². The number of benzene rings is 1. The van der Waals surface area contributed by atoms with Crippen molar-refractivity contribution in [3.63, 3.8) is 0 Å². The Morgan fingerprint density at radius 2 is 1.87 bits per heavy atom. The van der Waals surface area contributed by atoms with Gasteiger partial charge in [0, 0.05) is 62.7 Å². The van der Waals surface area contributed by atoms with Gasteiger partial charge in [0.05, 0.1) is 6.10 Å². The van der Waals surface area contributed by atoms with Crippen molar-refractivity contribution in [1.82, 2.24) is 15.5 Å². The third-order valence-corrected chi connectivity index (χ3v) is 7.78. The smallest absolute Gasteiger partial charge is 0.225 e. The molecule has 4 rings (SSSR count). The molecule has 1 saturated carbocycles. The lowest BCUT2D eigenvalue weighted by Crippen LogP contribution is -2.48. The molecule has 2 N–H and O–H groups in total. The second-order valence-corrected chi connectivity index (χ2v) is 10.1. The highest BCUT2D eigenvalue weighted by Gasteiger charge is 2.32. The number of amides is 1. The molecule has 1 aliphatic carbocycles. The van der Waals surface area contributed by atoms with E-state index < -0.39 is 0 Å². The van der Waals surface area contributed by atoms with Crippen LogP contribution in [-0.2, 0) is 9.53 Å². The molecule has 3 fully saturated rings. The molecular formula is C24H36N4O2S. The zero-order valence-electron chi connectivity index (χ0n) is 18.6. The molecule has 170 valence electrons. The van der Waals surface area contributed by atoms with Gasteiger partial charge in [0.1, 0.15) is 0 Å². The molecule has 0 aromatic heterocycles. The Balaban J connectivity index is 1.21. The van der Waals surface area contributed by atoms with Crippen LogP contribution in [0.4, 0.5) is 0 Å². The molecule has 2 saturated heterocycles. The summed E-state index contributed by atoms with van der Waals surface area (Å²) in [7, 11) is 1.83. The predicted octanol–water partition coefficient (Wildman–Crippen LogP) is 3.06. The number of carbonyl (C=O) groups excluding carboxylic acids is 1. The minimum atomic E-state index is 0.154. The van der Waals surface area contributed by atoms with Crippen molar-refractivity contribution in [2.75, 3.05) is 44.8 Å². The molecule has 3 aliphatic rings. The first-order valence-corrected chi connectivity index (χ1v) is 12.9. The highest BCUT2D eigenvalue weighted by Crippen LogP contribution is 2.34. The molecule has 0 bridgehead atoms. The van der Waals surface area contributed by atoms with E-state index in [9.17, 15) is 4.79 Å². The van der Waals surface area contributed by atoms with E-state index in [0.29, 0.717) is 17.9 Å². The first kappa shape index (κ1) is 22.5. The van der Waals surface area contributed by atoms with Crippen molar-refractivity contribution in [2.45, 2.75) is 44.2 Å². The number of carbonyl (C=O) groups is 1. The second kappa shape index (κ2) is 11.2. The quantitative estimate of drug-likeness (QED) is 0.540. The Kier molecular flexibility index (Phi) is 8.14. The molecule has 31 heavy (non-hydrogen) atoms. The Labute approximate surface area is 190 Å². The van der Waals surface area contributed by atoms with Gasteiger partial charge in [-0.1, -0.05) is 30.3 Å². The molecule has 0 spiro atoms. The third-order valence-electron chi connectivity index (χ3n) is 6.84. The van der Waals surface area contributed by atoms with E-state index in [1.807, 2.05) is 24.9 Å². The van der Waals surface area contributed by atoms with Gasteiger partial charge in [-0.3, -0.25) is 9.79 Å². The number of rotatable bonds is 5. The largest absolute Gasteiger partial charge is 0.373 e. The van der Waals surface area contributed by atoms with E-state index in [-0.39, 0.29) is 12.0 Å². The van der Waals surface area contributed by atoms with Crippen LogP contribution in [0.25, 0.3) is 0 Å². The summed E-state index contributed by atoms with van der Waals surface area (Å²) >= 11 is 1.95. The van der Waals surface area contributed by atoms with E-state index in [1.165, 1.54) is 5.56 Å². The van der Waals surface area contributed by atoms with Gasteiger partial charge >= 0.3 is 0 Å². The van der Waals surface area contributed by atoms with Crippen LogP contribution < -0.4 is 10.6 Å². The van der Waals surface area contributed by atoms with E-state index in [0.717, 1.165) is 75.8 Å². The van der Waals surface area contributed by atoms with Crippen molar-refractivity contribution in [1.29, 1.82) is 0 Å². The Morgan fingerprint density at radius 3 is 2.58 bits per heavy atom. The lowest BCUT2D eigenvalue weighted by Gasteiger charge is -2.34. The molecular weight excluding hydrogens is 408 g/mol. The third kappa shape index (κ3) is 5.95. The lowest BCUT2D eigenvalue weighted by atomic mass is 9.85. The first-order chi connectivity index (χ1) is 15.2. The summed E-state index contributed by atoms with van der Waals surface area (Å²) in [6.45, 7) is 3.51. The van der Waals surface area contributed by atoms with Crippen LogP contribution in [0.15, 0.2) is 35.3 Å². The number of guanidine groups is 1. The summed E-state index contributed by atoms with van der Waals surface area (Å²) < 4.78 is 6.01. The molecule has 1 aromatic rings. The fourth-order valence-corrected chi connectivity index (χ4v) is 5.90. The van der Waals surface area contributed by atoms with Gasteiger partial charge in [-0.25, -0.2) is 0 Å². The van der Waals surface area contributed by atoms with Crippen molar-refractivity contribution in [3.8, 4) is 0 Å². The average Bonchev–Trinajstić information content (AvgIpc) is 3.31. The molecule has 1 amide bonds. The van der Waals surface area contributed by atoms with Crippen LogP contribution in [0.5, 0.6) is 0 Å². The Morgan fingerprint density at radius 1 is 1.13 bits per heavy atom. The van der Waals surface area contributed by atoms with Gasteiger partial charge in [-0.15, -0.1) is 0 Å². The van der Waals surface area contributed by atoms with Crippen LogP contribution >= 0.6 is 11.8 Å². The van der Waals surface area contributed by atoms with Gasteiger partial charge in [0.15, 0.2) is 5.96 Å². The van der Waals surface area contributed by atoms with Gasteiger partial charge in [0.2, 0.25) is 5.91 Å². The number of nitrogens with one attached hydrogen (secondary N) is 2. The average molecular weight is 445 g/mol. The molecule has 6 nitrogen and oxygen atoms in total. The summed E-state index contributed by atoms with van der Waals surface area (Å²) in [5.74, 6) is 4.07. The van der Waals surface area contributed by atoms with Crippen molar-refractivity contribution in [3.05, 3.63) is 35.9 Å². The van der Waals surface area contributed by atoms with Crippen LogP contribution in [0.1, 0.15) is 43.8 Å². The normalized spacial score (nSPS) is 29.6. The molecule has 1 aromatic carbocycles. The van der Waals surface area contributed by atoms with Crippen molar-refractivity contribution >= 4 is 23.6 Å². The maximum Gasteiger partial charge on any atom is 0.225 e. The zero-order valence-corrected chi connectivity index (χ0v) is 19.4. The van der Waals surface area contributed by atoms with Crippen LogP contribution in [0, 0.1) is 11.8 Å². The minimum absolute atomic E-state index is 0.154. The van der Waals surface area contributed by atoms with E-state index in [4.69, 9.17) is 4.74 Å². The minimum Gasteiger partial charge on any atom is -0.373 e. The summed E-state index contributed by atoms with van der Waals surface area (Å²) in [4.78, 5) is 19.3. The van der Waals surface area contributed by atoms with Crippen molar-refractivity contribution in [2.24, 2.45) is 16.8 Å². The maximum absolute atomic E-state index is 12.8. The van der Waals surface area contributed by atoms with Crippen LogP contribution in [0.2, 0.25) is 0 Å². The summed E-state index contributed by atoms with van der Waals surface area (Å²) in [6, 6.07) is 10.9. The SMILES string of the molecule is CN=C(NCC1CCOC1c1ccccc1)NC1CCC(C(=O)N2CCSCC2)CC1. The van der Waals surface area contributed by atoms with Gasteiger partial charge in [-0.2, -0.15) is 11.8 Å². The van der Waals surface area contributed by atoms with E-state index in [1.54, 1.807) is 0 Å². The number of nitrogens with zero attached hydrogens (tertiary/aromatic N) is 2. The maximum atomic E-state index is 12.8. The fourth-order valence-electron chi connectivity index (χ4n) is 5.00. The van der Waals surface area contributed by atoms with Gasteiger partial charge in [-0.05, 0) is 37.7 Å². The number of hydrogen-bond acceptors (Lipinski definition) is 4. The topological polar surface area (TPSA) is 66.0 Å². The molecule has 0 radical (unpaired) electrons. The summed E-state index contributed by atoms with van der Waals surface area (Å²) in [5.41, 5.74) is 1.25. The first-order valence-electron chi connectivity index (χ1n) is 11.7. The highest BCUT2D eigenvalue weighted by atomic mass is 32.2. The predicted molar refractivity (Wildman–Crippen MR) is 127 cm³/mol. The number of hydrogen-bond donors (Lipinski definition) is 2. The molecule has 2 unspecified atom stereocenters. The van der Waals surface area contributed by atoms with Gasteiger partial charge in [0.25, 0.3) is 0 Å². The summed E-state index contributed by atoms with van der Waals surface area (Å²) in [6.07, 6.45) is 5.22. The second-order valence-electron chi connectivity index (χ2n) is 8.83. The highest BCUT2D eigenvalue weighted by molar-refractivity contribution is 7.99. The molecule has 2 aliphatic heterocycles. The summed E-state index contributed by atoms with van der Waals surface area (Å²) in [5, 5.41) is 7.12. The molecule has 7 heteroatoms. The number of thioether (sulfide) groups is 1. The van der Waals surface area contributed by atoms with Gasteiger partial charge < -0.3 is 20.3 Å².